The Kier molecular flexibility index (Phi) is 5.21. The van der Waals surface area contributed by atoms with Crippen LogP contribution in [0.1, 0.15) is 48.0 Å². The van der Waals surface area contributed by atoms with Gasteiger partial charge in [0.1, 0.15) is 12.4 Å². The Hall–Kier alpha value is -1.94. The van der Waals surface area contributed by atoms with Gasteiger partial charge in [-0.2, -0.15) is 0 Å². The molecule has 0 saturated carbocycles. The predicted octanol–water partition coefficient (Wildman–Crippen LogP) is 4.53. The molecule has 0 radical (unpaired) electrons. The van der Waals surface area contributed by atoms with E-state index >= 15 is 0 Å². The monoisotopic (exact) mass is 368 g/mol. The molecule has 26 heavy (non-hydrogen) atoms. The Balaban J connectivity index is 1.44. The third-order valence-corrected chi connectivity index (χ3v) is 7.71. The average Bonchev–Trinajstić information content (AvgIpc) is 2.67. The number of carbonyl (C=O) groups excluding carboxylic acids is 1. The fourth-order valence-electron chi connectivity index (χ4n) is 4.16. The van der Waals surface area contributed by atoms with Crippen LogP contribution >= 0.6 is 0 Å². The number of fused-ring (bicyclic) bond motifs is 2. The molecule has 4 heteroatoms. The molecule has 2 aromatic rings. The van der Waals surface area contributed by atoms with E-state index in [1.807, 2.05) is 54.6 Å². The van der Waals surface area contributed by atoms with Crippen LogP contribution in [0.4, 0.5) is 0 Å². The average molecular weight is 368 g/mol. The van der Waals surface area contributed by atoms with Gasteiger partial charge in [0, 0.05) is 32.8 Å². The topological polar surface area (TPSA) is 43.4 Å². The molecule has 4 rings (SSSR count). The Morgan fingerprint density at radius 2 is 1.73 bits per heavy atom. The first kappa shape index (κ1) is 17.5. The van der Waals surface area contributed by atoms with E-state index in [0.717, 1.165) is 43.4 Å². The summed E-state index contributed by atoms with van der Waals surface area (Å²) in [5.41, 5.74) is 1.82. The molecular weight excluding hydrogens is 344 g/mol. The van der Waals surface area contributed by atoms with Gasteiger partial charge in [-0.15, -0.1) is 0 Å². The number of ketones is 1. The van der Waals surface area contributed by atoms with Crippen molar-refractivity contribution in [2.24, 2.45) is 5.92 Å². The number of hydrogen-bond acceptors (Lipinski definition) is 3. The highest BCUT2D eigenvalue weighted by atomic mass is 32.2. The highest BCUT2D eigenvalue weighted by molar-refractivity contribution is 7.86. The Labute approximate surface area is 157 Å². The quantitative estimate of drug-likeness (QED) is 0.729. The largest absolute Gasteiger partial charge is 0.489 e. The molecule has 2 heterocycles. The maximum absolute atomic E-state index is 13.0. The zero-order chi connectivity index (χ0) is 17.9. The van der Waals surface area contributed by atoms with Crippen molar-refractivity contribution >= 4 is 16.6 Å². The van der Waals surface area contributed by atoms with Crippen LogP contribution in [-0.4, -0.2) is 20.5 Å². The lowest BCUT2D eigenvalue weighted by Gasteiger charge is -2.37. The Morgan fingerprint density at radius 3 is 2.46 bits per heavy atom. The molecular formula is C22H24O3S. The molecule has 136 valence electrons. The van der Waals surface area contributed by atoms with Crippen LogP contribution in [0.3, 0.4) is 0 Å². The molecule has 2 saturated heterocycles. The first-order valence-electron chi connectivity index (χ1n) is 9.41. The van der Waals surface area contributed by atoms with Gasteiger partial charge in [0.25, 0.3) is 0 Å². The maximum Gasteiger partial charge on any atom is 0.166 e. The number of carbonyl (C=O) groups is 1. The van der Waals surface area contributed by atoms with Gasteiger partial charge < -0.3 is 4.74 Å². The van der Waals surface area contributed by atoms with E-state index in [2.05, 4.69) is 0 Å². The van der Waals surface area contributed by atoms with E-state index in [1.54, 1.807) is 0 Å². The molecule has 2 aliphatic rings. The highest BCUT2D eigenvalue weighted by Gasteiger charge is 2.40. The third kappa shape index (κ3) is 3.75. The molecule has 2 atom stereocenters. The van der Waals surface area contributed by atoms with Gasteiger partial charge in [0.2, 0.25) is 0 Å². The number of benzene rings is 2. The first-order chi connectivity index (χ1) is 12.7. The van der Waals surface area contributed by atoms with Crippen LogP contribution < -0.4 is 4.74 Å². The summed E-state index contributed by atoms with van der Waals surface area (Å²) in [5.74, 6) is 0.912. The molecule has 2 fully saturated rings. The molecule has 0 spiro atoms. The van der Waals surface area contributed by atoms with Crippen LogP contribution in [0.25, 0.3) is 0 Å². The number of ether oxygens (including phenoxy) is 1. The predicted molar refractivity (Wildman–Crippen MR) is 104 cm³/mol. The van der Waals surface area contributed by atoms with Gasteiger partial charge in [-0.1, -0.05) is 48.9 Å². The Bertz CT molecular complexity index is 786. The highest BCUT2D eigenvalue weighted by Crippen LogP contribution is 2.38. The summed E-state index contributed by atoms with van der Waals surface area (Å²) in [6, 6.07) is 17.5. The first-order valence-corrected chi connectivity index (χ1v) is 10.7. The minimum absolute atomic E-state index is 0.00683. The summed E-state index contributed by atoms with van der Waals surface area (Å²) >= 11 is 0. The second-order valence-electron chi connectivity index (χ2n) is 7.34. The van der Waals surface area contributed by atoms with Crippen molar-refractivity contribution in [3.63, 3.8) is 0 Å². The van der Waals surface area contributed by atoms with Gasteiger partial charge in [-0.3, -0.25) is 9.00 Å². The van der Waals surface area contributed by atoms with Crippen molar-refractivity contribution in [1.29, 1.82) is 0 Å². The van der Waals surface area contributed by atoms with Crippen LogP contribution in [0.15, 0.2) is 54.6 Å². The lowest BCUT2D eigenvalue weighted by molar-refractivity contribution is 0.0895. The minimum atomic E-state index is -0.735. The zero-order valence-corrected chi connectivity index (χ0v) is 15.6. The molecule has 2 bridgehead atoms. The molecule has 2 aliphatic heterocycles. The van der Waals surface area contributed by atoms with Crippen molar-refractivity contribution < 1.29 is 13.7 Å². The van der Waals surface area contributed by atoms with Gasteiger partial charge in [-0.05, 0) is 43.4 Å². The van der Waals surface area contributed by atoms with Crippen LogP contribution in [0.2, 0.25) is 0 Å². The molecule has 0 N–H and O–H groups in total. The van der Waals surface area contributed by atoms with Crippen LogP contribution in [-0.2, 0) is 17.4 Å². The Morgan fingerprint density at radius 1 is 1.00 bits per heavy atom. The smallest absolute Gasteiger partial charge is 0.166 e. The summed E-state index contributed by atoms with van der Waals surface area (Å²) in [6.07, 6.45) is 4.72. The standard InChI is InChI=1S/C22H24O3S/c23-22(18-13-20-10-5-11-21(14-18)26(20)24)17-8-4-9-19(12-17)25-15-16-6-2-1-3-7-16/h1-4,6-9,12,18,20-21H,5,10-11,13-15H2. The van der Waals surface area contributed by atoms with Gasteiger partial charge in [0.15, 0.2) is 5.78 Å². The van der Waals surface area contributed by atoms with Crippen molar-refractivity contribution in [3.05, 3.63) is 65.7 Å². The molecule has 2 unspecified atom stereocenters. The van der Waals surface area contributed by atoms with Crippen molar-refractivity contribution in [2.45, 2.75) is 49.2 Å². The van der Waals surface area contributed by atoms with E-state index in [9.17, 15) is 9.00 Å². The number of Topliss-reactive ketones (excluding diaryl/α,β-unsaturated/α-hetero) is 1. The summed E-state index contributed by atoms with van der Waals surface area (Å²) in [7, 11) is -0.735. The third-order valence-electron chi connectivity index (χ3n) is 5.54. The van der Waals surface area contributed by atoms with Crippen molar-refractivity contribution in [3.8, 4) is 5.75 Å². The molecule has 2 aromatic carbocycles. The molecule has 3 nitrogen and oxygen atoms in total. The van der Waals surface area contributed by atoms with Crippen molar-refractivity contribution in [2.75, 3.05) is 0 Å². The maximum atomic E-state index is 13.0. The second kappa shape index (κ2) is 7.75. The summed E-state index contributed by atoms with van der Waals surface area (Å²) < 4.78 is 18.2. The summed E-state index contributed by atoms with van der Waals surface area (Å²) in [4.78, 5) is 13.0. The van der Waals surface area contributed by atoms with Crippen molar-refractivity contribution in [1.82, 2.24) is 0 Å². The van der Waals surface area contributed by atoms with E-state index in [0.29, 0.717) is 12.2 Å². The fraction of sp³-hybridized carbons (Fsp3) is 0.409. The summed E-state index contributed by atoms with van der Waals surface area (Å²) in [6.45, 7) is 0.491. The van der Waals surface area contributed by atoms with Crippen LogP contribution in [0, 0.1) is 5.92 Å². The zero-order valence-electron chi connectivity index (χ0n) is 14.8. The van der Waals surface area contributed by atoms with Gasteiger partial charge in [0.05, 0.1) is 0 Å². The van der Waals surface area contributed by atoms with E-state index in [4.69, 9.17) is 4.74 Å². The van der Waals surface area contributed by atoms with Gasteiger partial charge in [-0.25, -0.2) is 0 Å². The molecule has 0 amide bonds. The fourth-order valence-corrected chi connectivity index (χ4v) is 6.35. The second-order valence-corrected chi connectivity index (χ2v) is 9.33. The minimum Gasteiger partial charge on any atom is -0.489 e. The summed E-state index contributed by atoms with van der Waals surface area (Å²) in [5, 5.41) is 0.433. The van der Waals surface area contributed by atoms with E-state index in [-0.39, 0.29) is 22.2 Å². The van der Waals surface area contributed by atoms with E-state index in [1.165, 1.54) is 0 Å². The van der Waals surface area contributed by atoms with E-state index < -0.39 is 10.8 Å². The van der Waals surface area contributed by atoms with Gasteiger partial charge >= 0.3 is 0 Å². The number of hydrogen-bond donors (Lipinski definition) is 0. The normalized spacial score (nSPS) is 27.7. The SMILES string of the molecule is O=C(c1cccc(OCc2ccccc2)c1)C1CC2CCCC(C1)S2=O. The lowest BCUT2D eigenvalue weighted by atomic mass is 9.84. The lowest BCUT2D eigenvalue weighted by Crippen LogP contribution is -2.41. The molecule has 0 aromatic heterocycles. The number of rotatable bonds is 5. The van der Waals surface area contributed by atoms with Crippen LogP contribution in [0.5, 0.6) is 5.75 Å². The molecule has 0 aliphatic carbocycles.